The molecule has 0 amide bonds. The monoisotopic (exact) mass is 380 g/mol. The summed E-state index contributed by atoms with van der Waals surface area (Å²) in [7, 11) is 1.84. The summed E-state index contributed by atoms with van der Waals surface area (Å²) < 4.78 is 16.2. The second-order valence-electron chi connectivity index (χ2n) is 6.78. The molecule has 0 bridgehead atoms. The van der Waals surface area contributed by atoms with Gasteiger partial charge < -0.3 is 5.32 Å². The molecule has 0 radical (unpaired) electrons. The standard InChI is InChI=1S/C19H21FN8/c1-13(3-7-20)11-17-25-26-18-12-14(6-10-28(17)18)15-4-8-21-19(23-15)24-16-5-9-22-27(16)2/h4-6,8-10,12-13H,3,7,11H2,1-2H3,(H,21,23,24). The molecule has 0 aliphatic rings. The average molecular weight is 380 g/mol. The molecule has 8 nitrogen and oxygen atoms in total. The van der Waals surface area contributed by atoms with Gasteiger partial charge in [-0.25, -0.2) is 9.97 Å². The molecule has 1 atom stereocenters. The quantitative estimate of drug-likeness (QED) is 0.530. The van der Waals surface area contributed by atoms with Crippen molar-refractivity contribution in [3.8, 4) is 11.3 Å². The second kappa shape index (κ2) is 7.71. The Hall–Kier alpha value is -3.36. The molecule has 1 unspecified atom stereocenters. The third-order valence-electron chi connectivity index (χ3n) is 4.63. The Bertz CT molecular complexity index is 1090. The summed E-state index contributed by atoms with van der Waals surface area (Å²) in [5.41, 5.74) is 2.43. The summed E-state index contributed by atoms with van der Waals surface area (Å²) in [5, 5.41) is 15.8. The maximum atomic E-state index is 12.5. The van der Waals surface area contributed by atoms with Gasteiger partial charge in [0.05, 0.1) is 18.6 Å². The summed E-state index contributed by atoms with van der Waals surface area (Å²) in [6.45, 7) is 1.71. The molecular weight excluding hydrogens is 359 g/mol. The van der Waals surface area contributed by atoms with Gasteiger partial charge in [-0.2, -0.15) is 5.10 Å². The molecule has 0 saturated heterocycles. The zero-order chi connectivity index (χ0) is 19.5. The van der Waals surface area contributed by atoms with Crippen LogP contribution in [0.15, 0.2) is 42.9 Å². The average Bonchev–Trinajstić information content (AvgIpc) is 3.28. The summed E-state index contributed by atoms with van der Waals surface area (Å²) in [5.74, 6) is 2.35. The predicted octanol–water partition coefficient (Wildman–Crippen LogP) is 3.20. The number of aryl methyl sites for hydroxylation is 1. The number of fused-ring (bicyclic) bond motifs is 1. The summed E-state index contributed by atoms with van der Waals surface area (Å²) >= 11 is 0. The van der Waals surface area contributed by atoms with Crippen molar-refractivity contribution in [1.82, 2.24) is 34.3 Å². The van der Waals surface area contributed by atoms with E-state index in [4.69, 9.17) is 0 Å². The second-order valence-corrected chi connectivity index (χ2v) is 6.78. The number of nitrogens with one attached hydrogen (secondary N) is 1. The van der Waals surface area contributed by atoms with E-state index in [1.807, 2.05) is 48.8 Å². The van der Waals surface area contributed by atoms with Crippen molar-refractivity contribution < 1.29 is 4.39 Å². The Kier molecular flexibility index (Phi) is 4.96. The molecule has 4 aromatic heterocycles. The van der Waals surface area contributed by atoms with Crippen LogP contribution < -0.4 is 5.32 Å². The van der Waals surface area contributed by atoms with Gasteiger partial charge in [0.2, 0.25) is 5.95 Å². The van der Waals surface area contributed by atoms with Crippen LogP contribution in [0.5, 0.6) is 0 Å². The Morgan fingerprint density at radius 2 is 2.07 bits per heavy atom. The van der Waals surface area contributed by atoms with Crippen molar-refractivity contribution in [3.05, 3.63) is 48.7 Å². The number of aromatic nitrogens is 7. The van der Waals surface area contributed by atoms with Crippen LogP contribution in [-0.2, 0) is 13.5 Å². The molecule has 0 fully saturated rings. The molecular formula is C19H21FN8. The minimum Gasteiger partial charge on any atom is -0.309 e. The molecule has 0 aliphatic carbocycles. The number of pyridine rings is 1. The number of nitrogens with zero attached hydrogens (tertiary/aromatic N) is 7. The highest BCUT2D eigenvalue weighted by Gasteiger charge is 2.12. The van der Waals surface area contributed by atoms with Crippen LogP contribution in [0, 0.1) is 5.92 Å². The van der Waals surface area contributed by atoms with Crippen molar-refractivity contribution in [3.63, 3.8) is 0 Å². The van der Waals surface area contributed by atoms with Crippen LogP contribution in [0.2, 0.25) is 0 Å². The van der Waals surface area contributed by atoms with E-state index in [9.17, 15) is 4.39 Å². The lowest BCUT2D eigenvalue weighted by Crippen LogP contribution is -2.05. The summed E-state index contributed by atoms with van der Waals surface area (Å²) in [4.78, 5) is 8.85. The first-order valence-electron chi connectivity index (χ1n) is 9.12. The van der Waals surface area contributed by atoms with E-state index in [1.165, 1.54) is 0 Å². The first-order chi connectivity index (χ1) is 13.6. The topological polar surface area (TPSA) is 85.8 Å². The van der Waals surface area contributed by atoms with Crippen LogP contribution >= 0.6 is 0 Å². The van der Waals surface area contributed by atoms with Gasteiger partial charge in [-0.05, 0) is 30.5 Å². The minimum absolute atomic E-state index is 0.222. The Balaban J connectivity index is 1.59. The molecule has 28 heavy (non-hydrogen) atoms. The molecule has 1 N–H and O–H groups in total. The molecule has 0 aliphatic heterocycles. The normalized spacial score (nSPS) is 12.4. The SMILES string of the molecule is CC(CCF)Cc1nnc2cc(-c3ccnc(Nc4ccnn4C)n3)ccn12. The molecule has 9 heteroatoms. The Labute approximate surface area is 161 Å². The van der Waals surface area contributed by atoms with Gasteiger partial charge in [-0.15, -0.1) is 10.2 Å². The number of anilines is 2. The lowest BCUT2D eigenvalue weighted by Gasteiger charge is -2.08. The number of rotatable bonds is 7. The van der Waals surface area contributed by atoms with Gasteiger partial charge >= 0.3 is 0 Å². The van der Waals surface area contributed by atoms with E-state index >= 15 is 0 Å². The van der Waals surface area contributed by atoms with Gasteiger partial charge in [0.15, 0.2) is 5.65 Å². The van der Waals surface area contributed by atoms with Gasteiger partial charge in [0.25, 0.3) is 0 Å². The maximum Gasteiger partial charge on any atom is 0.228 e. The van der Waals surface area contributed by atoms with E-state index in [1.54, 1.807) is 17.1 Å². The fourth-order valence-corrected chi connectivity index (χ4v) is 3.03. The fraction of sp³-hybridized carbons (Fsp3) is 0.316. The molecule has 0 aromatic carbocycles. The summed E-state index contributed by atoms with van der Waals surface area (Å²) in [6, 6.07) is 7.60. The molecule has 144 valence electrons. The van der Waals surface area contributed by atoms with Gasteiger partial charge in [0, 0.05) is 37.5 Å². The first-order valence-corrected chi connectivity index (χ1v) is 9.12. The number of halogens is 1. The van der Waals surface area contributed by atoms with E-state index in [-0.39, 0.29) is 12.6 Å². The first kappa shape index (κ1) is 18.0. The number of hydrogen-bond donors (Lipinski definition) is 1. The highest BCUT2D eigenvalue weighted by atomic mass is 19.1. The van der Waals surface area contributed by atoms with Gasteiger partial charge in [0.1, 0.15) is 11.6 Å². The van der Waals surface area contributed by atoms with Gasteiger partial charge in [-0.1, -0.05) is 6.92 Å². The Morgan fingerprint density at radius 3 is 2.86 bits per heavy atom. The fourth-order valence-electron chi connectivity index (χ4n) is 3.03. The van der Waals surface area contributed by atoms with Crippen molar-refractivity contribution in [2.24, 2.45) is 13.0 Å². The van der Waals surface area contributed by atoms with Crippen LogP contribution in [0.1, 0.15) is 19.2 Å². The van der Waals surface area contributed by atoms with E-state index in [0.29, 0.717) is 18.8 Å². The molecule has 4 rings (SSSR count). The van der Waals surface area contributed by atoms with Crippen molar-refractivity contribution in [1.29, 1.82) is 0 Å². The van der Waals surface area contributed by atoms with E-state index < -0.39 is 0 Å². The third-order valence-corrected chi connectivity index (χ3v) is 4.63. The van der Waals surface area contributed by atoms with Crippen LogP contribution in [0.25, 0.3) is 16.9 Å². The predicted molar refractivity (Wildman–Crippen MR) is 104 cm³/mol. The molecule has 4 aromatic rings. The maximum absolute atomic E-state index is 12.5. The highest BCUT2D eigenvalue weighted by molar-refractivity contribution is 5.65. The smallest absolute Gasteiger partial charge is 0.228 e. The minimum atomic E-state index is -0.315. The zero-order valence-electron chi connectivity index (χ0n) is 15.7. The largest absolute Gasteiger partial charge is 0.309 e. The van der Waals surface area contributed by atoms with E-state index in [0.717, 1.165) is 28.5 Å². The molecule has 0 spiro atoms. The van der Waals surface area contributed by atoms with Crippen molar-refractivity contribution in [2.75, 3.05) is 12.0 Å². The Morgan fingerprint density at radius 1 is 1.18 bits per heavy atom. The zero-order valence-corrected chi connectivity index (χ0v) is 15.7. The number of hydrogen-bond acceptors (Lipinski definition) is 6. The van der Waals surface area contributed by atoms with E-state index in [2.05, 4.69) is 30.6 Å². The van der Waals surface area contributed by atoms with Gasteiger partial charge in [-0.3, -0.25) is 13.5 Å². The summed E-state index contributed by atoms with van der Waals surface area (Å²) in [6.07, 6.45) is 6.56. The van der Waals surface area contributed by atoms with Crippen molar-refractivity contribution in [2.45, 2.75) is 19.8 Å². The van der Waals surface area contributed by atoms with Crippen molar-refractivity contribution >= 4 is 17.4 Å². The lowest BCUT2D eigenvalue weighted by atomic mass is 10.0. The lowest BCUT2D eigenvalue weighted by molar-refractivity contribution is 0.398. The molecule has 0 saturated carbocycles. The van der Waals surface area contributed by atoms with Crippen LogP contribution in [0.4, 0.5) is 16.2 Å². The van der Waals surface area contributed by atoms with Crippen LogP contribution in [-0.4, -0.2) is 41.0 Å². The van der Waals surface area contributed by atoms with Crippen LogP contribution in [0.3, 0.4) is 0 Å². The highest BCUT2D eigenvalue weighted by Crippen LogP contribution is 2.21. The molecule has 4 heterocycles. The number of alkyl halides is 1. The third kappa shape index (κ3) is 3.68.